The maximum absolute atomic E-state index is 12.7. The minimum Gasteiger partial charge on any atom is -0.445 e. The second-order valence-electron chi connectivity index (χ2n) is 5.77. The van der Waals surface area contributed by atoms with Crippen molar-refractivity contribution in [2.24, 2.45) is 0 Å². The normalized spacial score (nSPS) is 11.1. The largest absolute Gasteiger partial charge is 0.445 e. The van der Waals surface area contributed by atoms with Gasteiger partial charge in [0.1, 0.15) is 5.69 Å². The third-order valence-corrected chi connectivity index (χ3v) is 4.69. The average Bonchev–Trinajstić information content (AvgIpc) is 3.07. The van der Waals surface area contributed by atoms with Crippen molar-refractivity contribution in [1.29, 1.82) is 0 Å². The zero-order valence-electron chi connectivity index (χ0n) is 14.3. The Hall–Kier alpha value is -2.78. The Kier molecular flexibility index (Phi) is 4.86. The van der Waals surface area contributed by atoms with E-state index in [1.807, 2.05) is 13.0 Å². The van der Waals surface area contributed by atoms with E-state index in [2.05, 4.69) is 31.0 Å². The second-order valence-corrected chi connectivity index (χ2v) is 7.09. The molecular formula is C18H11BrClFN4O3. The first kappa shape index (κ1) is 18.6. The number of nitrogens with zero attached hydrogens (tertiary/aromatic N) is 4. The summed E-state index contributed by atoms with van der Waals surface area (Å²) in [5.41, 5.74) is 0.922. The third kappa shape index (κ3) is 3.27. The summed E-state index contributed by atoms with van der Waals surface area (Å²) in [7, 11) is 0. The Morgan fingerprint density at radius 2 is 2.18 bits per heavy atom. The molecule has 4 aromatic rings. The minimum absolute atomic E-state index is 0.0224. The molecule has 0 fully saturated rings. The first-order chi connectivity index (χ1) is 13.5. The lowest BCUT2D eigenvalue weighted by Gasteiger charge is -2.08. The number of ether oxygens (including phenoxy) is 1. The summed E-state index contributed by atoms with van der Waals surface area (Å²) >= 11 is 9.57. The standard InChI is InChI=1S/C18H11BrClFN4O3/c1-9-5-10(19)6-11-15(9)23-17(28-18(11)26)13-7-14(27-8-21)24-25(13)16-12(20)3-2-4-22-16/h2-7H,8H2,1H3. The van der Waals surface area contributed by atoms with Gasteiger partial charge in [-0.05, 0) is 36.8 Å². The molecule has 0 aliphatic carbocycles. The highest BCUT2D eigenvalue weighted by Crippen LogP contribution is 2.29. The Labute approximate surface area is 170 Å². The summed E-state index contributed by atoms with van der Waals surface area (Å²) in [6.45, 7) is 0.752. The van der Waals surface area contributed by atoms with Gasteiger partial charge in [0.15, 0.2) is 5.82 Å². The summed E-state index contributed by atoms with van der Waals surface area (Å²) < 4.78 is 24.9. The van der Waals surface area contributed by atoms with Crippen LogP contribution in [0, 0.1) is 6.92 Å². The number of benzene rings is 1. The van der Waals surface area contributed by atoms with Gasteiger partial charge in [-0.1, -0.05) is 27.5 Å². The molecule has 7 nitrogen and oxygen atoms in total. The Bertz CT molecular complexity index is 1260. The summed E-state index contributed by atoms with van der Waals surface area (Å²) in [6, 6.07) is 8.15. The first-order valence-electron chi connectivity index (χ1n) is 7.99. The van der Waals surface area contributed by atoms with Crippen LogP contribution >= 0.6 is 27.5 Å². The monoisotopic (exact) mass is 464 g/mol. The van der Waals surface area contributed by atoms with Gasteiger partial charge in [-0.15, -0.1) is 5.10 Å². The maximum Gasteiger partial charge on any atom is 0.347 e. The van der Waals surface area contributed by atoms with Crippen LogP contribution in [0.2, 0.25) is 5.02 Å². The quantitative estimate of drug-likeness (QED) is 0.442. The predicted octanol–water partition coefficient (Wildman–Crippen LogP) is 4.47. The smallest absolute Gasteiger partial charge is 0.347 e. The molecule has 142 valence electrons. The van der Waals surface area contributed by atoms with Crippen molar-refractivity contribution in [3.63, 3.8) is 0 Å². The SMILES string of the molecule is Cc1cc(Br)cc2c(=O)oc(-c3cc(OCF)nn3-c3ncccc3Cl)nc12. The van der Waals surface area contributed by atoms with Gasteiger partial charge < -0.3 is 9.15 Å². The van der Waals surface area contributed by atoms with E-state index in [1.165, 1.54) is 16.9 Å². The molecule has 0 atom stereocenters. The molecule has 3 aromatic heterocycles. The van der Waals surface area contributed by atoms with Crippen LogP contribution in [0.3, 0.4) is 0 Å². The summed E-state index contributed by atoms with van der Waals surface area (Å²) in [5, 5.41) is 4.78. The molecule has 4 rings (SSSR count). The van der Waals surface area contributed by atoms with E-state index < -0.39 is 12.5 Å². The van der Waals surface area contributed by atoms with Gasteiger partial charge in [-0.3, -0.25) is 0 Å². The fraction of sp³-hybridized carbons (Fsp3) is 0.111. The lowest BCUT2D eigenvalue weighted by Crippen LogP contribution is -2.08. The lowest BCUT2D eigenvalue weighted by molar-refractivity contribution is 0.184. The van der Waals surface area contributed by atoms with Crippen molar-refractivity contribution in [1.82, 2.24) is 19.7 Å². The molecule has 0 saturated heterocycles. The molecule has 0 saturated carbocycles. The molecule has 0 radical (unpaired) electrons. The van der Waals surface area contributed by atoms with Crippen molar-refractivity contribution in [2.45, 2.75) is 6.92 Å². The van der Waals surface area contributed by atoms with Crippen LogP contribution in [-0.2, 0) is 0 Å². The number of hydrogen-bond acceptors (Lipinski definition) is 6. The van der Waals surface area contributed by atoms with Gasteiger partial charge in [0.2, 0.25) is 18.6 Å². The van der Waals surface area contributed by atoms with E-state index in [4.69, 9.17) is 20.8 Å². The van der Waals surface area contributed by atoms with Crippen LogP contribution in [0.15, 0.2) is 50.2 Å². The van der Waals surface area contributed by atoms with Gasteiger partial charge in [0.05, 0.1) is 15.9 Å². The molecule has 0 unspecified atom stereocenters. The number of rotatable bonds is 4. The van der Waals surface area contributed by atoms with E-state index in [0.717, 1.165) is 10.0 Å². The van der Waals surface area contributed by atoms with Crippen molar-refractivity contribution >= 4 is 38.4 Å². The van der Waals surface area contributed by atoms with Gasteiger partial charge in [-0.2, -0.15) is 0 Å². The van der Waals surface area contributed by atoms with Gasteiger partial charge in [0, 0.05) is 16.7 Å². The molecular weight excluding hydrogens is 455 g/mol. The highest BCUT2D eigenvalue weighted by molar-refractivity contribution is 9.10. The Morgan fingerprint density at radius 1 is 1.36 bits per heavy atom. The van der Waals surface area contributed by atoms with Crippen molar-refractivity contribution < 1.29 is 13.5 Å². The predicted molar refractivity (Wildman–Crippen MR) is 105 cm³/mol. The molecule has 0 N–H and O–H groups in total. The number of alkyl halides is 1. The molecule has 0 bridgehead atoms. The molecule has 0 aliphatic rings. The molecule has 10 heteroatoms. The number of hydrogen-bond donors (Lipinski definition) is 0. The van der Waals surface area contributed by atoms with Crippen LogP contribution in [0.1, 0.15) is 5.56 Å². The van der Waals surface area contributed by atoms with E-state index >= 15 is 0 Å². The molecule has 0 spiro atoms. The molecule has 28 heavy (non-hydrogen) atoms. The van der Waals surface area contributed by atoms with E-state index in [9.17, 15) is 9.18 Å². The first-order valence-corrected chi connectivity index (χ1v) is 9.16. The van der Waals surface area contributed by atoms with E-state index in [0.29, 0.717) is 15.9 Å². The van der Waals surface area contributed by atoms with Crippen LogP contribution in [0.4, 0.5) is 4.39 Å². The Balaban J connectivity index is 1.99. The minimum atomic E-state index is -1.07. The summed E-state index contributed by atoms with van der Waals surface area (Å²) in [4.78, 5) is 21.2. The average molecular weight is 466 g/mol. The van der Waals surface area contributed by atoms with Crippen molar-refractivity contribution in [2.75, 3.05) is 6.86 Å². The van der Waals surface area contributed by atoms with Crippen LogP contribution in [0.25, 0.3) is 28.3 Å². The van der Waals surface area contributed by atoms with Gasteiger partial charge in [-0.25, -0.2) is 23.8 Å². The zero-order valence-corrected chi connectivity index (χ0v) is 16.7. The molecule has 1 aromatic carbocycles. The van der Waals surface area contributed by atoms with Gasteiger partial charge in [0.25, 0.3) is 0 Å². The van der Waals surface area contributed by atoms with Gasteiger partial charge >= 0.3 is 5.63 Å². The van der Waals surface area contributed by atoms with E-state index in [-0.39, 0.29) is 23.3 Å². The number of fused-ring (bicyclic) bond motifs is 1. The fourth-order valence-electron chi connectivity index (χ4n) is 2.75. The zero-order chi connectivity index (χ0) is 19.8. The Morgan fingerprint density at radius 3 is 2.93 bits per heavy atom. The molecule has 3 heterocycles. The lowest BCUT2D eigenvalue weighted by atomic mass is 10.1. The molecule has 0 aliphatic heterocycles. The number of halogens is 3. The van der Waals surface area contributed by atoms with Crippen LogP contribution in [0.5, 0.6) is 5.88 Å². The highest BCUT2D eigenvalue weighted by atomic mass is 79.9. The van der Waals surface area contributed by atoms with Crippen molar-refractivity contribution in [3.8, 4) is 23.3 Å². The summed E-state index contributed by atoms with van der Waals surface area (Å²) in [6.07, 6.45) is 1.52. The summed E-state index contributed by atoms with van der Waals surface area (Å²) in [5.74, 6) is 0.201. The second kappa shape index (κ2) is 7.33. The highest BCUT2D eigenvalue weighted by Gasteiger charge is 2.20. The molecule has 0 amide bonds. The van der Waals surface area contributed by atoms with Crippen LogP contribution < -0.4 is 10.4 Å². The maximum atomic E-state index is 12.7. The third-order valence-electron chi connectivity index (χ3n) is 3.94. The number of aromatic nitrogens is 4. The van der Waals surface area contributed by atoms with Crippen LogP contribution in [-0.4, -0.2) is 26.6 Å². The topological polar surface area (TPSA) is 83.0 Å². The number of pyridine rings is 1. The fourth-order valence-corrected chi connectivity index (χ4v) is 3.52. The van der Waals surface area contributed by atoms with Crippen molar-refractivity contribution in [3.05, 3.63) is 62.0 Å². The number of aryl methyl sites for hydroxylation is 1. The van der Waals surface area contributed by atoms with E-state index in [1.54, 1.807) is 18.2 Å².